The summed E-state index contributed by atoms with van der Waals surface area (Å²) in [4.78, 5) is 30.7. The van der Waals surface area contributed by atoms with Crippen LogP contribution in [-0.2, 0) is 21.9 Å². The molecule has 2 saturated heterocycles. The van der Waals surface area contributed by atoms with Crippen LogP contribution in [0, 0.1) is 0 Å². The van der Waals surface area contributed by atoms with E-state index in [1.165, 1.54) is 12.3 Å². The Kier molecular flexibility index (Phi) is 5.72. The van der Waals surface area contributed by atoms with Crippen molar-refractivity contribution in [3.05, 3.63) is 90.1 Å². The Bertz CT molecular complexity index is 1590. The second-order valence-electron chi connectivity index (χ2n) is 9.50. The molecule has 0 spiro atoms. The van der Waals surface area contributed by atoms with E-state index < -0.39 is 23.5 Å². The first-order valence-corrected chi connectivity index (χ1v) is 12.0. The Morgan fingerprint density at radius 2 is 1.00 bits per heavy atom. The summed E-state index contributed by atoms with van der Waals surface area (Å²) in [6.45, 7) is 0.633. The Balaban J connectivity index is 1.28. The van der Waals surface area contributed by atoms with E-state index >= 15 is 0 Å². The van der Waals surface area contributed by atoms with Crippen molar-refractivity contribution >= 4 is 23.2 Å². The number of amides is 2. The Hall–Kier alpha value is -4.67. The minimum atomic E-state index is -4.95. The van der Waals surface area contributed by atoms with Crippen LogP contribution < -0.4 is 9.80 Å². The molecule has 0 radical (unpaired) electrons. The lowest BCUT2D eigenvalue weighted by atomic mass is 9.99. The number of halogens is 6. The van der Waals surface area contributed by atoms with E-state index in [1.807, 2.05) is 24.3 Å². The molecule has 202 valence electrons. The van der Waals surface area contributed by atoms with E-state index in [1.54, 1.807) is 34.1 Å². The standard InChI is InChI=1S/C29H17F6N3O2/c30-28(31,32)21-7-20(8-22(11-21)29(33,34)35)25-6-5-18(13-36-25)16-1-3-17(4-2-16)19-9-23(37-14-26(37)39)12-24(10-19)38-15-27(38)40/h1-13H,14-15H2. The summed E-state index contributed by atoms with van der Waals surface area (Å²) in [5, 5.41) is 0. The average Bonchev–Trinajstić information content (AvgIpc) is 3.84. The van der Waals surface area contributed by atoms with E-state index in [9.17, 15) is 35.9 Å². The second kappa shape index (κ2) is 8.94. The van der Waals surface area contributed by atoms with Gasteiger partial charge in [-0.3, -0.25) is 14.6 Å². The first kappa shape index (κ1) is 25.6. The monoisotopic (exact) mass is 553 g/mol. The third kappa shape index (κ3) is 5.02. The van der Waals surface area contributed by atoms with Gasteiger partial charge in [0.25, 0.3) is 0 Å². The van der Waals surface area contributed by atoms with Crippen LogP contribution in [0.2, 0.25) is 0 Å². The third-order valence-corrected chi connectivity index (χ3v) is 6.71. The molecule has 5 nitrogen and oxygen atoms in total. The van der Waals surface area contributed by atoms with Gasteiger partial charge in [0.1, 0.15) is 13.1 Å². The predicted octanol–water partition coefficient (Wildman–Crippen LogP) is 6.81. The van der Waals surface area contributed by atoms with Gasteiger partial charge in [-0.2, -0.15) is 26.3 Å². The van der Waals surface area contributed by atoms with Gasteiger partial charge in [-0.15, -0.1) is 0 Å². The number of carbonyl (C=O) groups is 2. The number of hydrogen-bond donors (Lipinski definition) is 0. The fraction of sp³-hybridized carbons (Fsp3) is 0.138. The van der Waals surface area contributed by atoms with Crippen LogP contribution in [0.4, 0.5) is 37.7 Å². The molecule has 0 N–H and O–H groups in total. The number of nitrogens with zero attached hydrogens (tertiary/aromatic N) is 3. The van der Waals surface area contributed by atoms with Crippen molar-refractivity contribution < 1.29 is 35.9 Å². The van der Waals surface area contributed by atoms with Crippen LogP contribution in [0.15, 0.2) is 79.0 Å². The maximum absolute atomic E-state index is 13.2. The summed E-state index contributed by atoms with van der Waals surface area (Å²) in [6.07, 6.45) is -8.52. The summed E-state index contributed by atoms with van der Waals surface area (Å²) in [7, 11) is 0. The molecule has 2 amide bonds. The molecule has 0 bridgehead atoms. The van der Waals surface area contributed by atoms with E-state index in [2.05, 4.69) is 4.98 Å². The molecule has 0 unspecified atom stereocenters. The number of benzene rings is 3. The topological polar surface area (TPSA) is 53.0 Å². The van der Waals surface area contributed by atoms with Crippen molar-refractivity contribution in [3.63, 3.8) is 0 Å². The minimum Gasteiger partial charge on any atom is -0.301 e. The van der Waals surface area contributed by atoms with Crippen molar-refractivity contribution in [3.8, 4) is 33.5 Å². The van der Waals surface area contributed by atoms with Gasteiger partial charge in [-0.1, -0.05) is 30.3 Å². The van der Waals surface area contributed by atoms with Gasteiger partial charge >= 0.3 is 12.4 Å². The lowest BCUT2D eigenvalue weighted by molar-refractivity contribution is -0.143. The van der Waals surface area contributed by atoms with E-state index in [-0.39, 0.29) is 29.1 Å². The molecular weight excluding hydrogens is 536 g/mol. The lowest BCUT2D eigenvalue weighted by Crippen LogP contribution is -2.11. The summed E-state index contributed by atoms with van der Waals surface area (Å²) >= 11 is 0. The number of hydrogen-bond acceptors (Lipinski definition) is 3. The fourth-order valence-electron chi connectivity index (χ4n) is 4.44. The Labute approximate surface area is 223 Å². The van der Waals surface area contributed by atoms with E-state index in [0.29, 0.717) is 42.2 Å². The molecule has 2 aliphatic heterocycles. The number of rotatable bonds is 5. The highest BCUT2D eigenvalue weighted by atomic mass is 19.4. The predicted molar refractivity (Wildman–Crippen MR) is 135 cm³/mol. The van der Waals surface area contributed by atoms with E-state index in [0.717, 1.165) is 16.7 Å². The minimum absolute atomic E-state index is 0.00807. The summed E-state index contributed by atoms with van der Waals surface area (Å²) in [6, 6.07) is 17.1. The molecular formula is C29H17F6N3O2. The number of anilines is 2. The maximum atomic E-state index is 13.2. The van der Waals surface area contributed by atoms with Crippen molar-refractivity contribution in [2.45, 2.75) is 12.4 Å². The van der Waals surface area contributed by atoms with Crippen molar-refractivity contribution in [1.82, 2.24) is 4.98 Å². The van der Waals surface area contributed by atoms with Gasteiger partial charge in [0.15, 0.2) is 0 Å². The molecule has 2 aliphatic rings. The largest absolute Gasteiger partial charge is 0.416 e. The summed E-state index contributed by atoms with van der Waals surface area (Å²) in [5.41, 5.74) is 1.21. The lowest BCUT2D eigenvalue weighted by Gasteiger charge is -2.14. The average molecular weight is 553 g/mol. The van der Waals surface area contributed by atoms with Crippen LogP contribution in [0.25, 0.3) is 33.5 Å². The number of carbonyl (C=O) groups excluding carboxylic acids is 2. The molecule has 3 aromatic carbocycles. The number of pyridine rings is 1. The zero-order valence-electron chi connectivity index (χ0n) is 20.3. The SMILES string of the molecule is O=C1CN1c1cc(-c2ccc(-c3ccc(-c4cc(C(F)(F)F)cc(C(F)(F)F)c4)nc3)cc2)cc(N2CC2=O)c1. The van der Waals surface area contributed by atoms with Crippen LogP contribution in [-0.4, -0.2) is 29.9 Å². The number of alkyl halides is 6. The highest BCUT2D eigenvalue weighted by Crippen LogP contribution is 2.39. The molecule has 6 rings (SSSR count). The van der Waals surface area contributed by atoms with Gasteiger partial charge in [0.05, 0.1) is 16.8 Å². The second-order valence-corrected chi connectivity index (χ2v) is 9.50. The zero-order chi connectivity index (χ0) is 28.4. The maximum Gasteiger partial charge on any atom is 0.416 e. The molecule has 4 aromatic rings. The van der Waals surface area contributed by atoms with Gasteiger partial charge in [-0.05, 0) is 59.2 Å². The van der Waals surface area contributed by atoms with Gasteiger partial charge in [-0.25, -0.2) is 0 Å². The first-order chi connectivity index (χ1) is 18.9. The number of aromatic nitrogens is 1. The smallest absolute Gasteiger partial charge is 0.301 e. The molecule has 40 heavy (non-hydrogen) atoms. The third-order valence-electron chi connectivity index (χ3n) is 6.71. The molecule has 11 heteroatoms. The highest BCUT2D eigenvalue weighted by molar-refractivity contribution is 6.15. The molecule has 3 heterocycles. The van der Waals surface area contributed by atoms with Crippen LogP contribution in [0.5, 0.6) is 0 Å². The first-order valence-electron chi connectivity index (χ1n) is 12.0. The Morgan fingerprint density at radius 3 is 1.40 bits per heavy atom. The molecule has 1 aromatic heterocycles. The van der Waals surface area contributed by atoms with Crippen LogP contribution in [0.1, 0.15) is 11.1 Å². The summed E-state index contributed by atoms with van der Waals surface area (Å²) < 4.78 is 79.4. The van der Waals surface area contributed by atoms with E-state index in [4.69, 9.17) is 0 Å². The van der Waals surface area contributed by atoms with Gasteiger partial charge < -0.3 is 9.80 Å². The molecule has 0 atom stereocenters. The van der Waals surface area contributed by atoms with Crippen LogP contribution in [0.3, 0.4) is 0 Å². The normalized spacial score (nSPS) is 15.1. The van der Waals surface area contributed by atoms with Gasteiger partial charge in [0.2, 0.25) is 11.8 Å². The van der Waals surface area contributed by atoms with Crippen molar-refractivity contribution in [1.29, 1.82) is 0 Å². The molecule has 0 aliphatic carbocycles. The van der Waals surface area contributed by atoms with Gasteiger partial charge in [0, 0.05) is 28.7 Å². The zero-order valence-corrected chi connectivity index (χ0v) is 20.3. The summed E-state index contributed by atoms with van der Waals surface area (Å²) in [5.74, 6) is -0.0161. The Morgan fingerprint density at radius 1 is 0.550 bits per heavy atom. The van der Waals surface area contributed by atoms with Crippen molar-refractivity contribution in [2.75, 3.05) is 22.9 Å². The van der Waals surface area contributed by atoms with Crippen LogP contribution >= 0.6 is 0 Å². The fourth-order valence-corrected chi connectivity index (χ4v) is 4.44. The van der Waals surface area contributed by atoms with Crippen molar-refractivity contribution in [2.24, 2.45) is 0 Å². The quantitative estimate of drug-likeness (QED) is 0.202. The highest BCUT2D eigenvalue weighted by Gasteiger charge is 2.37. The molecule has 0 saturated carbocycles. The molecule has 2 fully saturated rings.